The Kier molecular flexibility index (Phi) is 6.12. The zero-order chi connectivity index (χ0) is 21.9. The molecule has 1 N–H and O–H groups in total. The predicted octanol–water partition coefficient (Wildman–Crippen LogP) is 3.99. The Hall–Kier alpha value is -2.69. The highest BCUT2D eigenvalue weighted by Gasteiger charge is 2.44. The smallest absolute Gasteiger partial charge is 0.243 e. The van der Waals surface area contributed by atoms with Crippen molar-refractivity contribution in [2.24, 2.45) is 0 Å². The Bertz CT molecular complexity index is 1080. The van der Waals surface area contributed by atoms with Gasteiger partial charge in [-0.25, -0.2) is 8.42 Å². The Balaban J connectivity index is 1.30. The molecule has 2 aromatic rings. The fourth-order valence-corrected chi connectivity index (χ4v) is 5.54. The zero-order valence-corrected chi connectivity index (χ0v) is 18.3. The van der Waals surface area contributed by atoms with E-state index in [-0.39, 0.29) is 11.3 Å². The fourth-order valence-electron chi connectivity index (χ4n) is 4.03. The second-order valence-electron chi connectivity index (χ2n) is 8.43. The van der Waals surface area contributed by atoms with Crippen molar-refractivity contribution in [2.45, 2.75) is 55.3 Å². The van der Waals surface area contributed by atoms with Crippen LogP contribution >= 0.6 is 0 Å². The number of carbonyl (C=O) groups excluding carboxylic acids is 1. The highest BCUT2D eigenvalue weighted by atomic mass is 32.2. The van der Waals surface area contributed by atoms with Crippen molar-refractivity contribution in [2.75, 3.05) is 18.4 Å². The summed E-state index contributed by atoms with van der Waals surface area (Å²) in [5.41, 5.74) is 2.32. The van der Waals surface area contributed by atoms with Gasteiger partial charge in [0.2, 0.25) is 15.9 Å². The van der Waals surface area contributed by atoms with Gasteiger partial charge >= 0.3 is 0 Å². The minimum Gasteiger partial charge on any atom is -0.326 e. The van der Waals surface area contributed by atoms with Gasteiger partial charge in [0.25, 0.3) is 0 Å². The van der Waals surface area contributed by atoms with Gasteiger partial charge < -0.3 is 5.32 Å². The van der Waals surface area contributed by atoms with Crippen molar-refractivity contribution < 1.29 is 13.2 Å². The van der Waals surface area contributed by atoms with Gasteiger partial charge in [-0.05, 0) is 67.5 Å². The first-order valence-electron chi connectivity index (χ1n) is 10.8. The van der Waals surface area contributed by atoms with Gasteiger partial charge in [-0.3, -0.25) is 4.79 Å². The van der Waals surface area contributed by atoms with Gasteiger partial charge in [0, 0.05) is 25.2 Å². The van der Waals surface area contributed by atoms with Crippen LogP contribution in [-0.4, -0.2) is 31.7 Å². The summed E-state index contributed by atoms with van der Waals surface area (Å²) in [7, 11) is -3.43. The number of amides is 1. The van der Waals surface area contributed by atoms with Crippen molar-refractivity contribution in [1.82, 2.24) is 4.31 Å². The van der Waals surface area contributed by atoms with Crippen molar-refractivity contribution in [3.05, 3.63) is 59.7 Å². The molecule has 2 aliphatic rings. The molecule has 6 nitrogen and oxygen atoms in total. The summed E-state index contributed by atoms with van der Waals surface area (Å²) in [6.07, 6.45) is 5.54. The summed E-state index contributed by atoms with van der Waals surface area (Å²) in [4.78, 5) is 12.6. The summed E-state index contributed by atoms with van der Waals surface area (Å²) in [6, 6.07) is 16.7. The van der Waals surface area contributed by atoms with Crippen LogP contribution in [0, 0.1) is 11.3 Å². The summed E-state index contributed by atoms with van der Waals surface area (Å²) in [6.45, 7) is 1.17. The molecule has 1 aliphatic carbocycles. The Labute approximate surface area is 183 Å². The van der Waals surface area contributed by atoms with Crippen molar-refractivity contribution in [3.8, 4) is 6.07 Å². The van der Waals surface area contributed by atoms with Crippen molar-refractivity contribution in [1.29, 1.82) is 5.26 Å². The molecule has 0 aromatic heterocycles. The summed E-state index contributed by atoms with van der Waals surface area (Å²) in [5, 5.41) is 12.2. The lowest BCUT2D eigenvalue weighted by molar-refractivity contribution is -0.116. The number of rotatable bonds is 7. The van der Waals surface area contributed by atoms with Crippen molar-refractivity contribution >= 4 is 21.6 Å². The second-order valence-corrected chi connectivity index (χ2v) is 10.4. The first-order chi connectivity index (χ1) is 14.9. The minimum absolute atomic E-state index is 0.0980. The number of nitrogens with zero attached hydrogens (tertiary/aromatic N) is 2. The summed E-state index contributed by atoms with van der Waals surface area (Å²) in [5.74, 6) is -0.0980. The number of hydrogen-bond acceptors (Lipinski definition) is 4. The van der Waals surface area contributed by atoms with E-state index in [0.717, 1.165) is 43.2 Å². The van der Waals surface area contributed by atoms with E-state index < -0.39 is 10.0 Å². The number of benzene rings is 2. The molecule has 2 aromatic carbocycles. The number of sulfonamides is 1. The normalized spacial score (nSPS) is 18.2. The quantitative estimate of drug-likeness (QED) is 0.709. The van der Waals surface area contributed by atoms with Crippen LogP contribution in [0.1, 0.15) is 49.7 Å². The number of anilines is 1. The molecule has 162 valence electrons. The van der Waals surface area contributed by atoms with Gasteiger partial charge in [0.1, 0.15) is 0 Å². The Morgan fingerprint density at radius 2 is 1.65 bits per heavy atom. The van der Waals surface area contributed by atoms with Crippen LogP contribution in [0.2, 0.25) is 0 Å². The molecule has 1 aliphatic heterocycles. The van der Waals surface area contributed by atoms with E-state index in [1.807, 2.05) is 24.3 Å². The highest BCUT2D eigenvalue weighted by Crippen LogP contribution is 2.47. The van der Waals surface area contributed by atoms with E-state index >= 15 is 0 Å². The molecule has 0 unspecified atom stereocenters. The first-order valence-corrected chi connectivity index (χ1v) is 12.3. The standard InChI is InChI=1S/C24H27N3O3S/c25-18-24(14-15-24)20-7-9-21(10-8-20)26-23(28)13-6-19-4-11-22(12-5-19)31(29,30)27-16-2-1-3-17-27/h4-5,7-12H,1-3,6,13-17H2,(H,26,28). The maximum atomic E-state index is 12.7. The topological polar surface area (TPSA) is 90.3 Å². The molecular formula is C24H27N3O3S. The van der Waals surface area contributed by atoms with Crippen LogP contribution < -0.4 is 5.32 Å². The molecule has 0 atom stereocenters. The Morgan fingerprint density at radius 1 is 1.00 bits per heavy atom. The van der Waals surface area contributed by atoms with Crippen LogP contribution in [0.5, 0.6) is 0 Å². The average molecular weight is 438 g/mol. The lowest BCUT2D eigenvalue weighted by Crippen LogP contribution is -2.35. The van der Waals surface area contributed by atoms with Gasteiger partial charge in [0.05, 0.1) is 16.4 Å². The SMILES string of the molecule is N#CC1(c2ccc(NC(=O)CCc3ccc(S(=O)(=O)N4CCCCC4)cc3)cc2)CC1. The Morgan fingerprint density at radius 3 is 2.23 bits per heavy atom. The number of piperidine rings is 1. The third kappa shape index (κ3) is 4.81. The minimum atomic E-state index is -3.43. The summed E-state index contributed by atoms with van der Waals surface area (Å²) < 4.78 is 27.0. The molecule has 1 heterocycles. The maximum Gasteiger partial charge on any atom is 0.243 e. The lowest BCUT2D eigenvalue weighted by Gasteiger charge is -2.25. The molecule has 1 saturated heterocycles. The molecule has 31 heavy (non-hydrogen) atoms. The monoisotopic (exact) mass is 437 g/mol. The molecule has 4 rings (SSSR count). The molecule has 2 fully saturated rings. The molecule has 0 bridgehead atoms. The zero-order valence-electron chi connectivity index (χ0n) is 17.5. The van der Waals surface area contributed by atoms with E-state index in [0.29, 0.717) is 36.5 Å². The lowest BCUT2D eigenvalue weighted by atomic mass is 9.98. The predicted molar refractivity (Wildman–Crippen MR) is 119 cm³/mol. The molecular weight excluding hydrogens is 410 g/mol. The van der Waals surface area contributed by atoms with Gasteiger partial charge in [-0.2, -0.15) is 9.57 Å². The molecule has 1 amide bonds. The third-order valence-electron chi connectivity index (χ3n) is 6.20. The number of carbonyl (C=O) groups is 1. The fraction of sp³-hybridized carbons (Fsp3) is 0.417. The largest absolute Gasteiger partial charge is 0.326 e. The number of aryl methyl sites for hydroxylation is 1. The summed E-state index contributed by atoms with van der Waals surface area (Å²) >= 11 is 0. The van der Waals surface area contributed by atoms with Gasteiger partial charge in [-0.15, -0.1) is 0 Å². The molecule has 0 spiro atoms. The molecule has 0 radical (unpaired) electrons. The van der Waals surface area contributed by atoms with Crippen LogP contribution in [0.4, 0.5) is 5.69 Å². The third-order valence-corrected chi connectivity index (χ3v) is 8.12. The first kappa shape index (κ1) is 21.5. The van der Waals surface area contributed by atoms with Crippen LogP contribution in [0.3, 0.4) is 0 Å². The maximum absolute atomic E-state index is 12.7. The highest BCUT2D eigenvalue weighted by molar-refractivity contribution is 7.89. The van der Waals surface area contributed by atoms with E-state index in [1.165, 1.54) is 0 Å². The van der Waals surface area contributed by atoms with Crippen LogP contribution in [0.25, 0.3) is 0 Å². The number of nitrogens with one attached hydrogen (secondary N) is 1. The van der Waals surface area contributed by atoms with Crippen molar-refractivity contribution in [3.63, 3.8) is 0 Å². The second kappa shape index (κ2) is 8.81. The van der Waals surface area contributed by atoms with Gasteiger partial charge in [-0.1, -0.05) is 30.7 Å². The van der Waals surface area contributed by atoms with E-state index in [4.69, 9.17) is 0 Å². The van der Waals surface area contributed by atoms with E-state index in [9.17, 15) is 18.5 Å². The molecule has 7 heteroatoms. The van der Waals surface area contributed by atoms with E-state index in [1.54, 1.807) is 28.6 Å². The van der Waals surface area contributed by atoms with Crippen LogP contribution in [0.15, 0.2) is 53.4 Å². The van der Waals surface area contributed by atoms with Gasteiger partial charge in [0.15, 0.2) is 0 Å². The van der Waals surface area contributed by atoms with E-state index in [2.05, 4.69) is 11.4 Å². The molecule has 1 saturated carbocycles. The number of nitriles is 1. The van der Waals surface area contributed by atoms with Crippen LogP contribution in [-0.2, 0) is 26.7 Å². The average Bonchev–Trinajstić information content (AvgIpc) is 3.60. The number of hydrogen-bond donors (Lipinski definition) is 1.